The topological polar surface area (TPSA) is 93.7 Å². The molecule has 1 aromatic carbocycles. The van der Waals surface area contributed by atoms with Crippen molar-refractivity contribution >= 4 is 34.0 Å². The third-order valence-corrected chi connectivity index (χ3v) is 5.23. The van der Waals surface area contributed by atoms with Gasteiger partial charge in [0.1, 0.15) is 16.5 Å². The van der Waals surface area contributed by atoms with Gasteiger partial charge in [-0.2, -0.15) is 0 Å². The molecule has 0 aliphatic carbocycles. The summed E-state index contributed by atoms with van der Waals surface area (Å²) in [6.07, 6.45) is 1.93. The van der Waals surface area contributed by atoms with Gasteiger partial charge in [0.25, 0.3) is 0 Å². The Morgan fingerprint density at radius 2 is 2.15 bits per heavy atom. The van der Waals surface area contributed by atoms with Crippen molar-refractivity contribution in [2.75, 3.05) is 31.0 Å². The Bertz CT molecular complexity index is 839. The zero-order valence-corrected chi connectivity index (χ0v) is 16.3. The summed E-state index contributed by atoms with van der Waals surface area (Å²) in [7, 11) is 3.10. The first-order chi connectivity index (χ1) is 13.0. The summed E-state index contributed by atoms with van der Waals surface area (Å²) in [6.45, 7) is 2.33. The lowest BCUT2D eigenvalue weighted by Crippen LogP contribution is -2.28. The molecule has 9 heteroatoms. The number of nitrogens with zero attached hydrogens (tertiary/aromatic N) is 3. The van der Waals surface area contributed by atoms with Gasteiger partial charge >= 0.3 is 0 Å². The van der Waals surface area contributed by atoms with E-state index < -0.39 is 5.92 Å². The molecule has 1 aliphatic rings. The summed E-state index contributed by atoms with van der Waals surface area (Å²) in [5.74, 6) is 0.340. The van der Waals surface area contributed by atoms with Crippen LogP contribution < -0.4 is 19.7 Å². The molecule has 27 heavy (non-hydrogen) atoms. The highest BCUT2D eigenvalue weighted by Crippen LogP contribution is 2.36. The Kier molecular flexibility index (Phi) is 5.90. The molecule has 2 aromatic rings. The first-order valence-electron chi connectivity index (χ1n) is 8.71. The number of aromatic nitrogens is 2. The summed E-state index contributed by atoms with van der Waals surface area (Å²) in [5, 5.41) is 12.2. The minimum absolute atomic E-state index is 0.132. The number of ether oxygens (including phenoxy) is 2. The van der Waals surface area contributed by atoms with Gasteiger partial charge in [-0.25, -0.2) is 0 Å². The van der Waals surface area contributed by atoms with Gasteiger partial charge in [-0.1, -0.05) is 18.3 Å². The standard InChI is InChI=1S/C18H22N4O4S/c1-4-5-15-20-21-18(27-15)19-17(24)11-8-16(23)22(10-11)13-9-12(25-2)6-7-14(13)26-3/h6-7,9,11H,4-5,8,10H2,1-3H3,(H,19,21,24)/t11-/m1/s1. The molecule has 0 unspecified atom stereocenters. The highest BCUT2D eigenvalue weighted by molar-refractivity contribution is 7.15. The van der Waals surface area contributed by atoms with E-state index in [1.54, 1.807) is 37.3 Å². The van der Waals surface area contributed by atoms with Crippen LogP contribution in [0.4, 0.5) is 10.8 Å². The fourth-order valence-electron chi connectivity index (χ4n) is 2.95. The molecule has 2 heterocycles. The number of benzene rings is 1. The van der Waals surface area contributed by atoms with Crippen LogP contribution in [0.2, 0.25) is 0 Å². The lowest BCUT2D eigenvalue weighted by atomic mass is 10.1. The monoisotopic (exact) mass is 390 g/mol. The molecular weight excluding hydrogens is 368 g/mol. The maximum atomic E-state index is 12.6. The van der Waals surface area contributed by atoms with Crippen LogP contribution in [0.5, 0.6) is 11.5 Å². The molecule has 144 valence electrons. The predicted molar refractivity (Wildman–Crippen MR) is 103 cm³/mol. The van der Waals surface area contributed by atoms with Crippen LogP contribution in [0.1, 0.15) is 24.8 Å². The number of methoxy groups -OCH3 is 2. The fraction of sp³-hybridized carbons (Fsp3) is 0.444. The molecule has 1 N–H and O–H groups in total. The Balaban J connectivity index is 1.72. The van der Waals surface area contributed by atoms with Crippen LogP contribution in [0.25, 0.3) is 0 Å². The molecule has 1 aromatic heterocycles. The number of amides is 2. The van der Waals surface area contributed by atoms with Crippen molar-refractivity contribution in [1.82, 2.24) is 10.2 Å². The second kappa shape index (κ2) is 8.34. The third kappa shape index (κ3) is 4.19. The molecule has 0 bridgehead atoms. The number of carbonyl (C=O) groups is 2. The average Bonchev–Trinajstić information content (AvgIpc) is 3.27. The molecule has 2 amide bonds. The van der Waals surface area contributed by atoms with Gasteiger partial charge < -0.3 is 19.7 Å². The zero-order valence-electron chi connectivity index (χ0n) is 15.5. The van der Waals surface area contributed by atoms with Crippen molar-refractivity contribution in [3.8, 4) is 11.5 Å². The van der Waals surface area contributed by atoms with E-state index in [1.165, 1.54) is 11.3 Å². The second-order valence-electron chi connectivity index (χ2n) is 6.18. The van der Waals surface area contributed by atoms with E-state index in [1.807, 2.05) is 0 Å². The summed E-state index contributed by atoms with van der Waals surface area (Å²) in [6, 6.07) is 5.24. The zero-order chi connectivity index (χ0) is 19.4. The van der Waals surface area contributed by atoms with Crippen molar-refractivity contribution in [3.63, 3.8) is 0 Å². The van der Waals surface area contributed by atoms with E-state index in [0.29, 0.717) is 22.3 Å². The number of hydrogen-bond acceptors (Lipinski definition) is 7. The van der Waals surface area contributed by atoms with Crippen LogP contribution in [-0.2, 0) is 16.0 Å². The Morgan fingerprint density at radius 3 is 2.85 bits per heavy atom. The number of rotatable bonds is 7. The number of anilines is 2. The Labute approximate surface area is 161 Å². The maximum Gasteiger partial charge on any atom is 0.231 e. The smallest absolute Gasteiger partial charge is 0.231 e. The molecule has 1 fully saturated rings. The van der Waals surface area contributed by atoms with Crippen LogP contribution in [0.3, 0.4) is 0 Å². The van der Waals surface area contributed by atoms with E-state index in [2.05, 4.69) is 22.4 Å². The molecule has 0 saturated carbocycles. The SMILES string of the molecule is CCCc1nnc(NC(=O)[C@@H]2CC(=O)N(c3cc(OC)ccc3OC)C2)s1. The highest BCUT2D eigenvalue weighted by atomic mass is 32.1. The van der Waals surface area contributed by atoms with E-state index in [9.17, 15) is 9.59 Å². The summed E-state index contributed by atoms with van der Waals surface area (Å²) in [4.78, 5) is 26.7. The van der Waals surface area contributed by atoms with Gasteiger partial charge in [0.15, 0.2) is 0 Å². The fourth-order valence-corrected chi connectivity index (χ4v) is 3.79. The first-order valence-corrected chi connectivity index (χ1v) is 9.53. The molecular formula is C18H22N4O4S. The van der Waals surface area contributed by atoms with Gasteiger partial charge in [-0.15, -0.1) is 10.2 Å². The number of carbonyl (C=O) groups excluding carboxylic acids is 2. The van der Waals surface area contributed by atoms with Crippen LogP contribution in [-0.4, -0.2) is 42.8 Å². The number of hydrogen-bond donors (Lipinski definition) is 1. The summed E-state index contributed by atoms with van der Waals surface area (Å²) >= 11 is 1.36. The van der Waals surface area contributed by atoms with Gasteiger partial charge in [-0.05, 0) is 18.6 Å². The molecule has 1 aliphatic heterocycles. The van der Waals surface area contributed by atoms with Crippen LogP contribution in [0.15, 0.2) is 18.2 Å². The van der Waals surface area contributed by atoms with E-state index in [0.717, 1.165) is 17.8 Å². The summed E-state index contributed by atoms with van der Waals surface area (Å²) in [5.41, 5.74) is 0.596. The normalized spacial score (nSPS) is 16.5. The van der Waals surface area contributed by atoms with Crippen LogP contribution >= 0.6 is 11.3 Å². The highest BCUT2D eigenvalue weighted by Gasteiger charge is 2.36. The largest absolute Gasteiger partial charge is 0.497 e. The van der Waals surface area contributed by atoms with Gasteiger partial charge in [0.2, 0.25) is 16.9 Å². The molecule has 8 nitrogen and oxygen atoms in total. The van der Waals surface area contributed by atoms with E-state index in [-0.39, 0.29) is 24.8 Å². The average molecular weight is 390 g/mol. The Hall–Kier alpha value is -2.68. The first kappa shape index (κ1) is 19.1. The van der Waals surface area contributed by atoms with Crippen molar-refractivity contribution in [3.05, 3.63) is 23.2 Å². The predicted octanol–water partition coefficient (Wildman–Crippen LogP) is 2.50. The molecule has 3 rings (SSSR count). The molecule has 0 spiro atoms. The lowest BCUT2D eigenvalue weighted by Gasteiger charge is -2.20. The van der Waals surface area contributed by atoms with Crippen molar-refractivity contribution < 1.29 is 19.1 Å². The quantitative estimate of drug-likeness (QED) is 0.781. The number of nitrogens with one attached hydrogen (secondary N) is 1. The Morgan fingerprint density at radius 1 is 1.33 bits per heavy atom. The van der Waals surface area contributed by atoms with Crippen molar-refractivity contribution in [2.45, 2.75) is 26.2 Å². The minimum Gasteiger partial charge on any atom is -0.497 e. The van der Waals surface area contributed by atoms with Gasteiger partial charge in [0.05, 0.1) is 25.8 Å². The third-order valence-electron chi connectivity index (χ3n) is 4.33. The van der Waals surface area contributed by atoms with Gasteiger partial charge in [-0.3, -0.25) is 9.59 Å². The van der Waals surface area contributed by atoms with E-state index in [4.69, 9.17) is 9.47 Å². The molecule has 1 atom stereocenters. The molecule has 0 radical (unpaired) electrons. The van der Waals surface area contributed by atoms with E-state index >= 15 is 0 Å². The summed E-state index contributed by atoms with van der Waals surface area (Å²) < 4.78 is 10.6. The maximum absolute atomic E-state index is 12.6. The second-order valence-corrected chi connectivity index (χ2v) is 7.25. The van der Waals surface area contributed by atoms with Crippen LogP contribution in [0, 0.1) is 5.92 Å². The molecule has 1 saturated heterocycles. The lowest BCUT2D eigenvalue weighted by molar-refractivity contribution is -0.122. The van der Waals surface area contributed by atoms with Gasteiger partial charge in [0, 0.05) is 25.5 Å². The van der Waals surface area contributed by atoms with Crippen molar-refractivity contribution in [1.29, 1.82) is 0 Å². The minimum atomic E-state index is -0.466. The van der Waals surface area contributed by atoms with Crippen molar-refractivity contribution in [2.24, 2.45) is 5.92 Å². The number of aryl methyl sites for hydroxylation is 1.